The third-order valence-electron chi connectivity index (χ3n) is 4.04. The monoisotopic (exact) mass is 292 g/mol. The molecule has 4 rings (SSSR count). The highest BCUT2D eigenvalue weighted by molar-refractivity contribution is 6.04. The Morgan fingerprint density at radius 1 is 1.32 bits per heavy atom. The van der Waals surface area contributed by atoms with Gasteiger partial charge < -0.3 is 9.88 Å². The molecule has 3 aromatic rings. The van der Waals surface area contributed by atoms with Gasteiger partial charge in [-0.25, -0.2) is 4.98 Å². The van der Waals surface area contributed by atoms with Crippen molar-refractivity contribution < 1.29 is 4.79 Å². The molecule has 0 saturated heterocycles. The number of hydrogen-bond acceptors (Lipinski definition) is 3. The van der Waals surface area contributed by atoms with Gasteiger partial charge in [0.15, 0.2) is 0 Å². The lowest BCUT2D eigenvalue weighted by molar-refractivity contribution is 0.102. The van der Waals surface area contributed by atoms with Crippen LogP contribution in [0.5, 0.6) is 0 Å². The Morgan fingerprint density at radius 2 is 2.18 bits per heavy atom. The number of nitrogens with one attached hydrogen (secondary N) is 1. The van der Waals surface area contributed by atoms with Crippen molar-refractivity contribution in [3.63, 3.8) is 0 Å². The minimum atomic E-state index is -0.161. The molecular weight excluding hydrogens is 276 g/mol. The molecule has 1 fully saturated rings. The highest BCUT2D eigenvalue weighted by atomic mass is 16.1. The zero-order chi connectivity index (χ0) is 15.1. The van der Waals surface area contributed by atoms with Crippen molar-refractivity contribution in [1.29, 1.82) is 0 Å². The van der Waals surface area contributed by atoms with E-state index in [0.717, 1.165) is 22.5 Å². The molecule has 110 valence electrons. The molecule has 0 bridgehead atoms. The van der Waals surface area contributed by atoms with Gasteiger partial charge in [-0.15, -0.1) is 0 Å². The molecule has 1 N–H and O–H groups in total. The quantitative estimate of drug-likeness (QED) is 0.807. The summed E-state index contributed by atoms with van der Waals surface area (Å²) < 4.78 is 2.15. The molecule has 2 aromatic heterocycles. The molecule has 1 aromatic carbocycles. The summed E-state index contributed by atoms with van der Waals surface area (Å²) in [6.45, 7) is 0. The summed E-state index contributed by atoms with van der Waals surface area (Å²) >= 11 is 0. The second kappa shape index (κ2) is 4.94. The van der Waals surface area contributed by atoms with Gasteiger partial charge in [-0.1, -0.05) is 0 Å². The number of carbonyl (C=O) groups is 1. The van der Waals surface area contributed by atoms with Crippen molar-refractivity contribution in [3.8, 4) is 0 Å². The SMILES string of the molecule is Cn1c(C2CC2)nc2cc(NC(=O)c3cccnc3)ccc21. The molecule has 0 spiro atoms. The molecule has 5 heteroatoms. The molecule has 2 heterocycles. The Labute approximate surface area is 128 Å². The largest absolute Gasteiger partial charge is 0.331 e. The first-order valence-electron chi connectivity index (χ1n) is 7.40. The predicted molar refractivity (Wildman–Crippen MR) is 84.9 cm³/mol. The molecule has 1 amide bonds. The number of imidazole rings is 1. The van der Waals surface area contributed by atoms with Crippen LogP contribution in [-0.4, -0.2) is 20.4 Å². The van der Waals surface area contributed by atoms with Crippen LogP contribution in [0.1, 0.15) is 34.9 Å². The summed E-state index contributed by atoms with van der Waals surface area (Å²) in [5.41, 5.74) is 3.32. The maximum atomic E-state index is 12.2. The summed E-state index contributed by atoms with van der Waals surface area (Å²) in [4.78, 5) is 20.8. The van der Waals surface area contributed by atoms with Gasteiger partial charge in [0, 0.05) is 31.0 Å². The Hall–Kier alpha value is -2.69. The number of amides is 1. The van der Waals surface area contributed by atoms with Gasteiger partial charge in [0.1, 0.15) is 5.82 Å². The standard InChI is InChI=1S/C17H16N4O/c1-21-15-7-6-13(9-14(15)20-16(21)11-4-5-11)19-17(22)12-3-2-8-18-10-12/h2-3,6-11H,4-5H2,1H3,(H,19,22). The zero-order valence-electron chi connectivity index (χ0n) is 12.3. The van der Waals surface area contributed by atoms with Crippen LogP contribution >= 0.6 is 0 Å². The van der Waals surface area contributed by atoms with E-state index in [1.807, 2.05) is 18.2 Å². The first-order valence-corrected chi connectivity index (χ1v) is 7.40. The third kappa shape index (κ3) is 2.24. The lowest BCUT2D eigenvalue weighted by Crippen LogP contribution is -2.11. The lowest BCUT2D eigenvalue weighted by atomic mass is 10.2. The fourth-order valence-corrected chi connectivity index (χ4v) is 2.70. The number of rotatable bonds is 3. The first-order chi connectivity index (χ1) is 10.7. The molecule has 0 unspecified atom stereocenters. The average molecular weight is 292 g/mol. The van der Waals surface area contributed by atoms with E-state index in [1.54, 1.807) is 24.5 Å². The Balaban J connectivity index is 1.64. The number of hydrogen-bond donors (Lipinski definition) is 1. The van der Waals surface area contributed by atoms with Crippen molar-refractivity contribution in [2.45, 2.75) is 18.8 Å². The average Bonchev–Trinajstić information content (AvgIpc) is 3.33. The van der Waals surface area contributed by atoms with E-state index in [0.29, 0.717) is 11.5 Å². The van der Waals surface area contributed by atoms with E-state index >= 15 is 0 Å². The van der Waals surface area contributed by atoms with Crippen LogP contribution in [0.2, 0.25) is 0 Å². The van der Waals surface area contributed by atoms with E-state index in [1.165, 1.54) is 12.8 Å². The lowest BCUT2D eigenvalue weighted by Gasteiger charge is -2.05. The number of aromatic nitrogens is 3. The molecule has 0 aliphatic heterocycles. The second-order valence-corrected chi connectivity index (χ2v) is 5.70. The van der Waals surface area contributed by atoms with Crippen LogP contribution in [0.4, 0.5) is 5.69 Å². The molecule has 22 heavy (non-hydrogen) atoms. The van der Waals surface area contributed by atoms with Crippen LogP contribution in [0.15, 0.2) is 42.7 Å². The van der Waals surface area contributed by atoms with Crippen LogP contribution in [0, 0.1) is 0 Å². The Kier molecular flexibility index (Phi) is 2.92. The van der Waals surface area contributed by atoms with E-state index < -0.39 is 0 Å². The predicted octanol–water partition coefficient (Wildman–Crippen LogP) is 3.10. The molecule has 1 aliphatic carbocycles. The summed E-state index contributed by atoms with van der Waals surface area (Å²) in [6, 6.07) is 9.34. The third-order valence-corrected chi connectivity index (χ3v) is 4.04. The maximum Gasteiger partial charge on any atom is 0.257 e. The van der Waals surface area contributed by atoms with Gasteiger partial charge in [-0.2, -0.15) is 0 Å². The van der Waals surface area contributed by atoms with Crippen molar-refractivity contribution in [3.05, 3.63) is 54.1 Å². The molecule has 1 saturated carbocycles. The molecule has 0 atom stereocenters. The number of pyridine rings is 1. The number of carbonyl (C=O) groups excluding carboxylic acids is 1. The molecule has 1 aliphatic rings. The topological polar surface area (TPSA) is 59.8 Å². The Morgan fingerprint density at radius 3 is 2.91 bits per heavy atom. The smallest absolute Gasteiger partial charge is 0.257 e. The van der Waals surface area contributed by atoms with Crippen LogP contribution in [0.3, 0.4) is 0 Å². The molecule has 0 radical (unpaired) electrons. The number of fused-ring (bicyclic) bond motifs is 1. The summed E-state index contributed by atoms with van der Waals surface area (Å²) in [5, 5.41) is 2.90. The van der Waals surface area contributed by atoms with Gasteiger partial charge in [-0.05, 0) is 43.2 Å². The van der Waals surface area contributed by atoms with Gasteiger partial charge >= 0.3 is 0 Å². The normalized spacial score (nSPS) is 14.2. The van der Waals surface area contributed by atoms with Crippen molar-refractivity contribution in [1.82, 2.24) is 14.5 Å². The fourth-order valence-electron chi connectivity index (χ4n) is 2.70. The van der Waals surface area contributed by atoms with Crippen LogP contribution in [0.25, 0.3) is 11.0 Å². The van der Waals surface area contributed by atoms with Crippen molar-refractivity contribution >= 4 is 22.6 Å². The zero-order valence-corrected chi connectivity index (χ0v) is 12.3. The van der Waals surface area contributed by atoms with Crippen molar-refractivity contribution in [2.24, 2.45) is 7.05 Å². The van der Waals surface area contributed by atoms with Gasteiger partial charge in [-0.3, -0.25) is 9.78 Å². The number of benzene rings is 1. The minimum Gasteiger partial charge on any atom is -0.331 e. The van der Waals surface area contributed by atoms with Crippen molar-refractivity contribution in [2.75, 3.05) is 5.32 Å². The summed E-state index contributed by atoms with van der Waals surface area (Å²) in [7, 11) is 2.05. The maximum absolute atomic E-state index is 12.2. The number of nitrogens with zero attached hydrogens (tertiary/aromatic N) is 3. The Bertz CT molecular complexity index is 850. The van der Waals surface area contributed by atoms with Gasteiger partial charge in [0.05, 0.1) is 16.6 Å². The fraction of sp³-hybridized carbons (Fsp3) is 0.235. The van der Waals surface area contributed by atoms with Crippen LogP contribution < -0.4 is 5.32 Å². The first kappa shape index (κ1) is 13.0. The van der Waals surface area contributed by atoms with E-state index in [-0.39, 0.29) is 5.91 Å². The molecular formula is C17H16N4O. The highest BCUT2D eigenvalue weighted by Gasteiger charge is 2.28. The summed E-state index contributed by atoms with van der Waals surface area (Å²) in [6.07, 6.45) is 5.65. The van der Waals surface area contributed by atoms with Crippen LogP contribution in [-0.2, 0) is 7.05 Å². The van der Waals surface area contributed by atoms with Gasteiger partial charge in [0.2, 0.25) is 0 Å². The van der Waals surface area contributed by atoms with E-state index in [4.69, 9.17) is 4.98 Å². The van der Waals surface area contributed by atoms with E-state index in [9.17, 15) is 4.79 Å². The second-order valence-electron chi connectivity index (χ2n) is 5.70. The minimum absolute atomic E-state index is 0.161. The number of aryl methyl sites for hydroxylation is 1. The highest BCUT2D eigenvalue weighted by Crippen LogP contribution is 2.40. The van der Waals surface area contributed by atoms with Gasteiger partial charge in [0.25, 0.3) is 5.91 Å². The molecule has 5 nitrogen and oxygen atoms in total. The summed E-state index contributed by atoms with van der Waals surface area (Å²) in [5.74, 6) is 1.59. The number of anilines is 1. The van der Waals surface area contributed by atoms with E-state index in [2.05, 4.69) is 21.9 Å².